The molecule has 0 spiro atoms. The summed E-state index contributed by atoms with van der Waals surface area (Å²) >= 11 is 0. The zero-order chi connectivity index (χ0) is 14.8. The van der Waals surface area contributed by atoms with E-state index in [4.69, 9.17) is 0 Å². The molecule has 0 saturated carbocycles. The fourth-order valence-corrected chi connectivity index (χ4v) is 4.01. The lowest BCUT2D eigenvalue weighted by molar-refractivity contribution is 0.287. The van der Waals surface area contributed by atoms with E-state index in [-0.39, 0.29) is 4.90 Å². The van der Waals surface area contributed by atoms with Crippen LogP contribution in [0.1, 0.15) is 25.3 Å². The fraction of sp³-hybridized carbons (Fsp3) is 0.571. The van der Waals surface area contributed by atoms with Crippen LogP contribution in [0.5, 0.6) is 0 Å². The molecule has 1 N–H and O–H groups in total. The van der Waals surface area contributed by atoms with Crippen molar-refractivity contribution < 1.29 is 12.8 Å². The van der Waals surface area contributed by atoms with Gasteiger partial charge in [0.2, 0.25) is 10.0 Å². The van der Waals surface area contributed by atoms with Crippen molar-refractivity contribution in [3.8, 4) is 0 Å². The van der Waals surface area contributed by atoms with E-state index < -0.39 is 15.8 Å². The molecule has 20 heavy (non-hydrogen) atoms. The Morgan fingerprint density at radius 3 is 2.60 bits per heavy atom. The van der Waals surface area contributed by atoms with Crippen LogP contribution in [0.4, 0.5) is 4.39 Å². The van der Waals surface area contributed by atoms with Gasteiger partial charge in [0.1, 0.15) is 10.7 Å². The summed E-state index contributed by atoms with van der Waals surface area (Å²) in [5.41, 5.74) is 0.762. The molecule has 0 bridgehead atoms. The maximum atomic E-state index is 13.9. The quantitative estimate of drug-likeness (QED) is 0.925. The molecule has 112 valence electrons. The number of rotatable bonds is 4. The van der Waals surface area contributed by atoms with Crippen LogP contribution in [0, 0.1) is 11.7 Å². The summed E-state index contributed by atoms with van der Waals surface area (Å²) in [6.07, 6.45) is 1.66. The predicted octanol–water partition coefficient (Wildman–Crippen LogP) is 1.97. The SMILES string of the molecule is CNCc1ccc(F)c(S(=O)(=O)N2CCC(C)CC2)c1. The van der Waals surface area contributed by atoms with Crippen molar-refractivity contribution in [3.63, 3.8) is 0 Å². The number of nitrogens with one attached hydrogen (secondary N) is 1. The molecule has 4 nitrogen and oxygen atoms in total. The smallest absolute Gasteiger partial charge is 0.245 e. The average molecular weight is 300 g/mol. The van der Waals surface area contributed by atoms with E-state index in [0.717, 1.165) is 18.4 Å². The van der Waals surface area contributed by atoms with Gasteiger partial charge in [0, 0.05) is 19.6 Å². The Morgan fingerprint density at radius 2 is 2.00 bits per heavy atom. The minimum atomic E-state index is -3.73. The minimum absolute atomic E-state index is 0.209. The van der Waals surface area contributed by atoms with Gasteiger partial charge in [0.05, 0.1) is 0 Å². The average Bonchev–Trinajstić information content (AvgIpc) is 2.41. The summed E-state index contributed by atoms with van der Waals surface area (Å²) in [4.78, 5) is -0.209. The molecule has 0 atom stereocenters. The van der Waals surface area contributed by atoms with Crippen molar-refractivity contribution in [2.45, 2.75) is 31.2 Å². The number of hydrogen-bond acceptors (Lipinski definition) is 3. The third kappa shape index (κ3) is 3.19. The summed E-state index contributed by atoms with van der Waals surface area (Å²) in [7, 11) is -1.96. The summed E-state index contributed by atoms with van der Waals surface area (Å²) in [5.74, 6) is -0.148. The second-order valence-electron chi connectivity index (χ2n) is 5.38. The van der Waals surface area contributed by atoms with E-state index >= 15 is 0 Å². The number of nitrogens with zero attached hydrogens (tertiary/aromatic N) is 1. The lowest BCUT2D eigenvalue weighted by Gasteiger charge is -2.29. The first-order valence-electron chi connectivity index (χ1n) is 6.88. The molecular formula is C14H21FN2O2S. The second-order valence-corrected chi connectivity index (χ2v) is 7.29. The summed E-state index contributed by atoms with van der Waals surface area (Å²) in [5, 5.41) is 2.94. The van der Waals surface area contributed by atoms with Gasteiger partial charge in [-0.05, 0) is 43.5 Å². The molecule has 0 radical (unpaired) electrons. The maximum Gasteiger partial charge on any atom is 0.245 e. The number of sulfonamides is 1. The highest BCUT2D eigenvalue weighted by molar-refractivity contribution is 7.89. The Morgan fingerprint density at radius 1 is 1.35 bits per heavy atom. The third-order valence-electron chi connectivity index (χ3n) is 3.74. The topological polar surface area (TPSA) is 49.4 Å². The Bertz CT molecular complexity index is 567. The van der Waals surface area contributed by atoms with Crippen LogP contribution in [-0.2, 0) is 16.6 Å². The molecule has 1 saturated heterocycles. The van der Waals surface area contributed by atoms with E-state index in [1.165, 1.54) is 16.4 Å². The third-order valence-corrected chi connectivity index (χ3v) is 5.65. The molecule has 1 aromatic rings. The van der Waals surface area contributed by atoms with Crippen LogP contribution in [-0.4, -0.2) is 32.9 Å². The lowest BCUT2D eigenvalue weighted by atomic mass is 10.0. The first kappa shape index (κ1) is 15.4. The lowest BCUT2D eigenvalue weighted by Crippen LogP contribution is -2.38. The molecule has 2 rings (SSSR count). The van der Waals surface area contributed by atoms with Gasteiger partial charge in [-0.2, -0.15) is 4.31 Å². The predicted molar refractivity (Wildman–Crippen MR) is 76.3 cm³/mol. The van der Waals surface area contributed by atoms with E-state index in [2.05, 4.69) is 12.2 Å². The van der Waals surface area contributed by atoms with Crippen molar-refractivity contribution in [2.75, 3.05) is 20.1 Å². The molecule has 0 aliphatic carbocycles. The maximum absolute atomic E-state index is 13.9. The molecule has 0 amide bonds. The normalized spacial score (nSPS) is 18.4. The van der Waals surface area contributed by atoms with Crippen LogP contribution >= 0.6 is 0 Å². The highest BCUT2D eigenvalue weighted by Crippen LogP contribution is 2.25. The van der Waals surface area contributed by atoms with Crippen LogP contribution in [0.15, 0.2) is 23.1 Å². The van der Waals surface area contributed by atoms with Gasteiger partial charge in [0.25, 0.3) is 0 Å². The highest BCUT2D eigenvalue weighted by Gasteiger charge is 2.30. The van der Waals surface area contributed by atoms with E-state index in [1.54, 1.807) is 13.1 Å². The fourth-order valence-electron chi connectivity index (χ4n) is 2.42. The molecule has 0 unspecified atom stereocenters. The van der Waals surface area contributed by atoms with Crippen molar-refractivity contribution in [1.29, 1.82) is 0 Å². The zero-order valence-corrected chi connectivity index (χ0v) is 12.7. The first-order valence-corrected chi connectivity index (χ1v) is 8.32. The van der Waals surface area contributed by atoms with E-state index in [1.807, 2.05) is 0 Å². The van der Waals surface area contributed by atoms with Crippen molar-refractivity contribution in [2.24, 2.45) is 5.92 Å². The van der Waals surface area contributed by atoms with Crippen molar-refractivity contribution in [3.05, 3.63) is 29.6 Å². The van der Waals surface area contributed by atoms with Gasteiger partial charge >= 0.3 is 0 Å². The zero-order valence-electron chi connectivity index (χ0n) is 11.9. The minimum Gasteiger partial charge on any atom is -0.316 e. The number of piperidine rings is 1. The van der Waals surface area contributed by atoms with Gasteiger partial charge in [-0.1, -0.05) is 13.0 Å². The molecular weight excluding hydrogens is 279 g/mol. The molecule has 1 aliphatic heterocycles. The molecule has 0 aromatic heterocycles. The van der Waals surface area contributed by atoms with E-state index in [0.29, 0.717) is 25.6 Å². The summed E-state index contributed by atoms with van der Waals surface area (Å²) in [6.45, 7) is 3.57. The van der Waals surface area contributed by atoms with Crippen molar-refractivity contribution >= 4 is 10.0 Å². The number of hydrogen-bond donors (Lipinski definition) is 1. The Kier molecular flexibility index (Phi) is 4.78. The van der Waals surface area contributed by atoms with Crippen LogP contribution in [0.25, 0.3) is 0 Å². The van der Waals surface area contributed by atoms with Crippen LogP contribution in [0.3, 0.4) is 0 Å². The molecule has 1 aliphatic rings. The van der Waals surface area contributed by atoms with Gasteiger partial charge in [-0.15, -0.1) is 0 Å². The van der Waals surface area contributed by atoms with Gasteiger partial charge in [-0.25, -0.2) is 12.8 Å². The monoisotopic (exact) mass is 300 g/mol. The Balaban J connectivity index is 2.31. The number of benzene rings is 1. The largest absolute Gasteiger partial charge is 0.316 e. The molecule has 1 aromatic carbocycles. The first-order chi connectivity index (χ1) is 9.45. The highest BCUT2D eigenvalue weighted by atomic mass is 32.2. The van der Waals surface area contributed by atoms with Crippen LogP contribution < -0.4 is 5.32 Å². The Labute approximate surface area is 120 Å². The summed E-state index contributed by atoms with van der Waals surface area (Å²) < 4.78 is 40.4. The van der Waals surface area contributed by atoms with Gasteiger partial charge in [0.15, 0.2) is 0 Å². The standard InChI is InChI=1S/C14H21FN2O2S/c1-11-5-7-17(8-6-11)20(18,19)14-9-12(10-16-2)3-4-13(14)15/h3-4,9,11,16H,5-8,10H2,1-2H3. The van der Waals surface area contributed by atoms with Crippen LogP contribution in [0.2, 0.25) is 0 Å². The van der Waals surface area contributed by atoms with Gasteiger partial charge in [-0.3, -0.25) is 0 Å². The number of halogens is 1. The molecule has 6 heteroatoms. The molecule has 1 fully saturated rings. The van der Waals surface area contributed by atoms with Crippen molar-refractivity contribution in [1.82, 2.24) is 9.62 Å². The summed E-state index contributed by atoms with van der Waals surface area (Å²) in [6, 6.07) is 4.26. The second kappa shape index (κ2) is 6.20. The molecule has 1 heterocycles. The Hall–Kier alpha value is -0.980. The van der Waals surface area contributed by atoms with E-state index in [9.17, 15) is 12.8 Å². The van der Waals surface area contributed by atoms with Gasteiger partial charge < -0.3 is 5.32 Å².